The molecule has 0 spiro atoms. The van der Waals surface area contributed by atoms with Crippen LogP contribution >= 0.6 is 0 Å². The molecular weight excluding hydrogens is 358 g/mol. The second-order valence-electron chi connectivity index (χ2n) is 11.8. The number of hydrogen-bond acceptors (Lipinski definition) is 3. The third-order valence-corrected chi connectivity index (χ3v) is 8.45. The van der Waals surface area contributed by atoms with Gasteiger partial charge in [-0.1, -0.05) is 32.4 Å². The molecule has 3 heteroatoms. The quantitative estimate of drug-likeness (QED) is 0.720. The van der Waals surface area contributed by atoms with E-state index >= 15 is 0 Å². The fourth-order valence-electron chi connectivity index (χ4n) is 8.36. The van der Waals surface area contributed by atoms with Gasteiger partial charge in [-0.05, 0) is 104 Å². The molecule has 1 aromatic carbocycles. The Hall–Kier alpha value is -1.06. The van der Waals surface area contributed by atoms with Crippen LogP contribution in [0.4, 0.5) is 0 Å². The minimum atomic E-state index is -0.407. The van der Waals surface area contributed by atoms with E-state index in [1.54, 1.807) is 0 Å². The lowest BCUT2D eigenvalue weighted by Crippen LogP contribution is -2.56. The van der Waals surface area contributed by atoms with E-state index in [0.29, 0.717) is 22.9 Å². The summed E-state index contributed by atoms with van der Waals surface area (Å²) in [5, 5.41) is 10.4. The summed E-state index contributed by atoms with van der Waals surface area (Å²) in [6, 6.07) is 8.94. The number of benzene rings is 1. The van der Waals surface area contributed by atoms with Crippen molar-refractivity contribution in [3.05, 3.63) is 29.8 Å². The van der Waals surface area contributed by atoms with E-state index in [9.17, 15) is 5.11 Å². The Morgan fingerprint density at radius 1 is 0.966 bits per heavy atom. The van der Waals surface area contributed by atoms with Crippen LogP contribution in [-0.4, -0.2) is 42.4 Å². The van der Waals surface area contributed by atoms with Gasteiger partial charge in [0.05, 0.1) is 0 Å². The summed E-state index contributed by atoms with van der Waals surface area (Å²) in [6.45, 7) is 8.45. The van der Waals surface area contributed by atoms with Gasteiger partial charge in [-0.2, -0.15) is 0 Å². The highest BCUT2D eigenvalue weighted by molar-refractivity contribution is 5.36. The first-order chi connectivity index (χ1) is 13.9. The Morgan fingerprint density at radius 2 is 1.62 bits per heavy atom. The van der Waals surface area contributed by atoms with Crippen LogP contribution in [-0.2, 0) is 5.41 Å². The number of ether oxygens (including phenoxy) is 1. The molecule has 5 fully saturated rings. The van der Waals surface area contributed by atoms with Crippen molar-refractivity contribution in [3.8, 4) is 5.75 Å². The zero-order valence-corrected chi connectivity index (χ0v) is 18.5. The second kappa shape index (κ2) is 7.27. The van der Waals surface area contributed by atoms with Crippen LogP contribution < -0.4 is 4.74 Å². The predicted octanol–water partition coefficient (Wildman–Crippen LogP) is 5.16. The Balaban J connectivity index is 1.22. The van der Waals surface area contributed by atoms with E-state index in [1.807, 2.05) is 0 Å². The molecule has 160 valence electrons. The average molecular weight is 398 g/mol. The van der Waals surface area contributed by atoms with Crippen molar-refractivity contribution in [3.63, 3.8) is 0 Å². The van der Waals surface area contributed by atoms with Crippen molar-refractivity contribution in [2.75, 3.05) is 26.2 Å². The molecule has 4 aliphatic carbocycles. The van der Waals surface area contributed by atoms with Crippen LogP contribution in [0.3, 0.4) is 0 Å². The molecule has 0 amide bonds. The van der Waals surface area contributed by atoms with Crippen molar-refractivity contribution < 1.29 is 9.84 Å². The molecule has 4 bridgehead atoms. The topological polar surface area (TPSA) is 32.7 Å². The fourth-order valence-corrected chi connectivity index (χ4v) is 8.36. The molecule has 1 aromatic rings. The number of likely N-dealkylation sites (tertiary alicyclic amines) is 1. The molecule has 5 aliphatic rings. The van der Waals surface area contributed by atoms with E-state index < -0.39 is 6.10 Å². The summed E-state index contributed by atoms with van der Waals surface area (Å²) < 4.78 is 5.95. The number of rotatable bonds is 6. The van der Waals surface area contributed by atoms with Crippen molar-refractivity contribution in [1.82, 2.24) is 4.90 Å². The largest absolute Gasteiger partial charge is 0.491 e. The Kier molecular flexibility index (Phi) is 4.98. The molecule has 0 radical (unpaired) electrons. The molecule has 0 aromatic heterocycles. The summed E-state index contributed by atoms with van der Waals surface area (Å²) in [6.07, 6.45) is 11.9. The summed E-state index contributed by atoms with van der Waals surface area (Å²) in [7, 11) is 0. The van der Waals surface area contributed by atoms with Crippen LogP contribution in [0, 0.1) is 16.7 Å². The maximum atomic E-state index is 10.4. The summed E-state index contributed by atoms with van der Waals surface area (Å²) in [5.41, 5.74) is 3.00. The van der Waals surface area contributed by atoms with E-state index in [4.69, 9.17) is 4.74 Å². The van der Waals surface area contributed by atoms with Crippen molar-refractivity contribution in [2.45, 2.75) is 83.2 Å². The van der Waals surface area contributed by atoms with Gasteiger partial charge in [-0.15, -0.1) is 0 Å². The maximum absolute atomic E-state index is 10.4. The van der Waals surface area contributed by atoms with E-state index in [1.165, 1.54) is 63.4 Å². The molecule has 1 N–H and O–H groups in total. The van der Waals surface area contributed by atoms with E-state index in [2.05, 4.69) is 43.0 Å². The summed E-state index contributed by atoms with van der Waals surface area (Å²) in [5.74, 6) is 1.82. The second-order valence-corrected chi connectivity index (χ2v) is 11.8. The van der Waals surface area contributed by atoms with Gasteiger partial charge >= 0.3 is 0 Å². The zero-order valence-electron chi connectivity index (χ0n) is 18.5. The van der Waals surface area contributed by atoms with Gasteiger partial charge in [0.15, 0.2) is 0 Å². The maximum Gasteiger partial charge on any atom is 0.119 e. The monoisotopic (exact) mass is 397 g/mol. The minimum Gasteiger partial charge on any atom is -0.491 e. The van der Waals surface area contributed by atoms with Gasteiger partial charge in [-0.25, -0.2) is 0 Å². The highest BCUT2D eigenvalue weighted by Crippen LogP contribution is 2.69. The standard InChI is InChI=1S/C26H39NO2/c1-24-12-20-13-25(2,17-24)19-26(14-20,18-24)21-6-8-23(9-7-21)29-16-22(28)15-27-10-4-3-5-11-27/h6-9,20,22,28H,3-5,10-19H2,1-2H3/t20?,22?,24-,25+,26?. The molecule has 4 saturated carbocycles. The number of aliphatic hydroxyl groups excluding tert-OH is 1. The lowest BCUT2D eigenvalue weighted by molar-refractivity contribution is -0.110. The van der Waals surface area contributed by atoms with Crippen LogP contribution in [0.1, 0.15) is 77.2 Å². The summed E-state index contributed by atoms with van der Waals surface area (Å²) in [4.78, 5) is 2.37. The molecule has 1 heterocycles. The van der Waals surface area contributed by atoms with Gasteiger partial charge in [0.1, 0.15) is 18.5 Å². The first kappa shape index (κ1) is 19.9. The van der Waals surface area contributed by atoms with Crippen LogP contribution in [0.2, 0.25) is 0 Å². The fraction of sp³-hybridized carbons (Fsp3) is 0.769. The number of hydrogen-bond donors (Lipinski definition) is 1. The Labute approximate surface area is 176 Å². The average Bonchev–Trinajstić information content (AvgIpc) is 2.65. The van der Waals surface area contributed by atoms with Gasteiger partial charge in [0.2, 0.25) is 0 Å². The van der Waals surface area contributed by atoms with E-state index in [0.717, 1.165) is 31.3 Å². The Morgan fingerprint density at radius 3 is 2.24 bits per heavy atom. The smallest absolute Gasteiger partial charge is 0.119 e. The lowest BCUT2D eigenvalue weighted by Gasteiger charge is -2.65. The first-order valence-electron chi connectivity index (χ1n) is 12.0. The summed E-state index contributed by atoms with van der Waals surface area (Å²) >= 11 is 0. The lowest BCUT2D eigenvalue weighted by atomic mass is 9.39. The normalized spacial score (nSPS) is 40.2. The highest BCUT2D eigenvalue weighted by atomic mass is 16.5. The minimum absolute atomic E-state index is 0.384. The van der Waals surface area contributed by atoms with Crippen molar-refractivity contribution in [1.29, 1.82) is 0 Å². The molecule has 1 aliphatic heterocycles. The van der Waals surface area contributed by atoms with Crippen molar-refractivity contribution >= 4 is 0 Å². The number of nitrogens with zero attached hydrogens (tertiary/aromatic N) is 1. The third-order valence-electron chi connectivity index (χ3n) is 8.45. The SMILES string of the molecule is C[C@]12CC3CC(c4ccc(OCC(O)CN5CCCCC5)cc4)(C1)C[C@@](C)(C3)C2. The van der Waals surface area contributed by atoms with Crippen LogP contribution in [0.15, 0.2) is 24.3 Å². The van der Waals surface area contributed by atoms with Gasteiger partial charge < -0.3 is 14.7 Å². The molecule has 5 atom stereocenters. The zero-order chi connectivity index (χ0) is 20.1. The van der Waals surface area contributed by atoms with Gasteiger partial charge in [0.25, 0.3) is 0 Å². The third kappa shape index (κ3) is 3.97. The molecule has 29 heavy (non-hydrogen) atoms. The predicted molar refractivity (Wildman–Crippen MR) is 117 cm³/mol. The number of β-amino-alcohol motifs (C(OH)–C–C–N with tert-alkyl or cyclic N) is 1. The molecule has 3 unspecified atom stereocenters. The Bertz CT molecular complexity index is 705. The van der Waals surface area contributed by atoms with E-state index in [-0.39, 0.29) is 0 Å². The van der Waals surface area contributed by atoms with Crippen LogP contribution in [0.25, 0.3) is 0 Å². The highest BCUT2D eigenvalue weighted by Gasteiger charge is 2.60. The molecule has 6 rings (SSSR count). The molecule has 3 nitrogen and oxygen atoms in total. The first-order valence-corrected chi connectivity index (χ1v) is 12.0. The van der Waals surface area contributed by atoms with Crippen molar-refractivity contribution in [2.24, 2.45) is 16.7 Å². The molecule has 1 saturated heterocycles. The van der Waals surface area contributed by atoms with Crippen LogP contribution in [0.5, 0.6) is 5.75 Å². The van der Waals surface area contributed by atoms with Gasteiger partial charge in [0, 0.05) is 6.54 Å². The van der Waals surface area contributed by atoms with Gasteiger partial charge in [-0.3, -0.25) is 0 Å². The number of piperidine rings is 1. The molecular formula is C26H39NO2. The number of aliphatic hydroxyl groups is 1.